The lowest BCUT2D eigenvalue weighted by Crippen LogP contribution is -2.40. The molecule has 0 saturated heterocycles. The Morgan fingerprint density at radius 3 is 2.43 bits per heavy atom. The second-order valence-corrected chi connectivity index (χ2v) is 12.6. The fraction of sp³-hybridized carbons (Fsp3) is 0.257. The predicted molar refractivity (Wildman–Crippen MR) is 181 cm³/mol. The predicted octanol–water partition coefficient (Wildman–Crippen LogP) is 5.43. The molecule has 242 valence electrons. The van der Waals surface area contributed by atoms with E-state index in [0.29, 0.717) is 59.2 Å². The summed E-state index contributed by atoms with van der Waals surface area (Å²) in [5, 5.41) is 9.05. The largest absolute Gasteiger partial charge is 0.497 e. The van der Waals surface area contributed by atoms with Crippen molar-refractivity contribution < 1.29 is 28.5 Å². The third kappa shape index (κ3) is 6.96. The van der Waals surface area contributed by atoms with Crippen LogP contribution in [0.4, 0.5) is 0 Å². The van der Waals surface area contributed by atoms with Crippen LogP contribution in [-0.2, 0) is 16.1 Å². The van der Waals surface area contributed by atoms with Crippen molar-refractivity contribution in [2.75, 3.05) is 21.3 Å². The van der Waals surface area contributed by atoms with Crippen molar-refractivity contribution in [3.8, 4) is 29.1 Å². The Balaban J connectivity index is 1.60. The number of rotatable bonds is 10. The van der Waals surface area contributed by atoms with Crippen LogP contribution in [-0.4, -0.2) is 38.0 Å². The minimum Gasteiger partial charge on any atom is -0.497 e. The number of carbonyl (C=O) groups is 1. The number of aromatic nitrogens is 1. The second-order valence-electron chi connectivity index (χ2n) is 10.8. The highest BCUT2D eigenvalue weighted by atomic mass is 79.9. The van der Waals surface area contributed by atoms with E-state index >= 15 is 0 Å². The van der Waals surface area contributed by atoms with Gasteiger partial charge in [-0.15, -0.1) is 0 Å². The van der Waals surface area contributed by atoms with Crippen LogP contribution >= 0.6 is 27.3 Å². The van der Waals surface area contributed by atoms with Crippen molar-refractivity contribution in [2.45, 2.75) is 39.5 Å². The van der Waals surface area contributed by atoms with E-state index in [9.17, 15) is 9.59 Å². The lowest BCUT2D eigenvalue weighted by molar-refractivity contribution is -0.143. The van der Waals surface area contributed by atoms with Gasteiger partial charge in [0.15, 0.2) is 16.3 Å². The number of nitrogens with zero attached hydrogens (tertiary/aromatic N) is 3. The molecule has 0 amide bonds. The van der Waals surface area contributed by atoms with E-state index in [1.54, 1.807) is 70.4 Å². The van der Waals surface area contributed by atoms with Crippen LogP contribution in [0.1, 0.15) is 49.1 Å². The first-order valence-electron chi connectivity index (χ1n) is 14.5. The summed E-state index contributed by atoms with van der Waals surface area (Å²) in [6.45, 7) is 5.51. The van der Waals surface area contributed by atoms with Gasteiger partial charge in [-0.3, -0.25) is 9.36 Å². The van der Waals surface area contributed by atoms with Crippen molar-refractivity contribution in [1.82, 2.24) is 4.57 Å². The molecular formula is C35H32BrN3O7S. The molecular weight excluding hydrogens is 686 g/mol. The van der Waals surface area contributed by atoms with Crippen LogP contribution in [0.3, 0.4) is 0 Å². The Kier molecular flexibility index (Phi) is 10.2. The van der Waals surface area contributed by atoms with E-state index in [1.165, 1.54) is 30.1 Å². The maximum Gasteiger partial charge on any atom is 0.338 e. The highest BCUT2D eigenvalue weighted by Gasteiger charge is 2.36. The van der Waals surface area contributed by atoms with Gasteiger partial charge in [-0.1, -0.05) is 23.5 Å². The van der Waals surface area contributed by atoms with Gasteiger partial charge >= 0.3 is 5.97 Å². The summed E-state index contributed by atoms with van der Waals surface area (Å²) in [6.07, 6.45) is 1.36. The van der Waals surface area contributed by atoms with Crippen molar-refractivity contribution in [3.63, 3.8) is 0 Å². The first-order chi connectivity index (χ1) is 22.6. The number of esters is 1. The minimum absolute atomic E-state index is 0.234. The summed E-state index contributed by atoms with van der Waals surface area (Å²) in [5.41, 5.74) is 3.01. The molecule has 0 unspecified atom stereocenters. The molecule has 10 nitrogen and oxygen atoms in total. The molecule has 1 aromatic heterocycles. The lowest BCUT2D eigenvalue weighted by Gasteiger charge is -2.26. The van der Waals surface area contributed by atoms with Crippen molar-refractivity contribution in [3.05, 3.63) is 112 Å². The molecule has 5 rings (SSSR count). The van der Waals surface area contributed by atoms with E-state index in [0.717, 1.165) is 5.56 Å². The number of ether oxygens (including phenoxy) is 5. The topological polar surface area (TPSA) is 121 Å². The highest BCUT2D eigenvalue weighted by Crippen LogP contribution is 2.39. The molecule has 47 heavy (non-hydrogen) atoms. The fourth-order valence-electron chi connectivity index (χ4n) is 5.15. The zero-order chi connectivity index (χ0) is 33.8. The smallest absolute Gasteiger partial charge is 0.338 e. The van der Waals surface area contributed by atoms with E-state index in [2.05, 4.69) is 27.0 Å². The number of thiazole rings is 1. The van der Waals surface area contributed by atoms with Crippen LogP contribution in [0, 0.1) is 11.3 Å². The number of fused-ring (bicyclic) bond motifs is 1. The first-order valence-corrected chi connectivity index (χ1v) is 16.1. The van der Waals surface area contributed by atoms with E-state index in [-0.39, 0.29) is 23.8 Å². The molecule has 2 heterocycles. The summed E-state index contributed by atoms with van der Waals surface area (Å²) in [5.74, 6) is 1.38. The van der Waals surface area contributed by atoms with Gasteiger partial charge in [0.2, 0.25) is 0 Å². The van der Waals surface area contributed by atoms with Gasteiger partial charge in [-0.05, 0) is 96.4 Å². The van der Waals surface area contributed by atoms with E-state index in [1.807, 2.05) is 18.2 Å². The van der Waals surface area contributed by atoms with Gasteiger partial charge in [-0.25, -0.2) is 9.79 Å². The zero-order valence-corrected chi connectivity index (χ0v) is 29.0. The number of hydrogen-bond acceptors (Lipinski definition) is 10. The Bertz CT molecular complexity index is 2090. The van der Waals surface area contributed by atoms with Gasteiger partial charge in [-0.2, -0.15) is 5.26 Å². The quantitative estimate of drug-likeness (QED) is 0.199. The first kappa shape index (κ1) is 33.5. The van der Waals surface area contributed by atoms with Crippen LogP contribution in [0.5, 0.6) is 23.0 Å². The van der Waals surface area contributed by atoms with Crippen molar-refractivity contribution in [2.24, 2.45) is 4.99 Å². The van der Waals surface area contributed by atoms with Crippen LogP contribution < -0.4 is 33.8 Å². The SMILES string of the molecule is COc1ccc(OC)c([C@H]2C(C(=O)OC(C)C)=C(C)N=c3s/c(=C\c4cc(Br)c(OCc5ccc(C#N)cc5)c(OC)c4)c(=O)n32)c1. The fourth-order valence-corrected chi connectivity index (χ4v) is 6.77. The average Bonchev–Trinajstić information content (AvgIpc) is 3.36. The summed E-state index contributed by atoms with van der Waals surface area (Å²) >= 11 is 4.80. The average molecular weight is 719 g/mol. The van der Waals surface area contributed by atoms with Gasteiger partial charge in [0.1, 0.15) is 24.1 Å². The van der Waals surface area contributed by atoms with Gasteiger partial charge in [0, 0.05) is 5.56 Å². The number of nitriles is 1. The number of allylic oxidation sites excluding steroid dienone is 1. The van der Waals surface area contributed by atoms with Crippen molar-refractivity contribution >= 4 is 39.3 Å². The monoisotopic (exact) mass is 717 g/mol. The molecule has 0 radical (unpaired) electrons. The van der Waals surface area contributed by atoms with E-state index < -0.39 is 12.0 Å². The molecule has 3 aromatic carbocycles. The third-order valence-electron chi connectivity index (χ3n) is 7.33. The molecule has 1 aliphatic heterocycles. The maximum absolute atomic E-state index is 14.2. The van der Waals surface area contributed by atoms with Crippen LogP contribution in [0.15, 0.2) is 80.1 Å². The lowest BCUT2D eigenvalue weighted by atomic mass is 9.94. The van der Waals surface area contributed by atoms with Gasteiger partial charge in [0.25, 0.3) is 5.56 Å². The third-order valence-corrected chi connectivity index (χ3v) is 8.90. The molecule has 0 saturated carbocycles. The van der Waals surface area contributed by atoms with Gasteiger partial charge < -0.3 is 23.7 Å². The Morgan fingerprint density at radius 1 is 1.06 bits per heavy atom. The molecule has 0 spiro atoms. The highest BCUT2D eigenvalue weighted by molar-refractivity contribution is 9.10. The number of methoxy groups -OCH3 is 3. The van der Waals surface area contributed by atoms with Crippen LogP contribution in [0.2, 0.25) is 0 Å². The minimum atomic E-state index is -0.885. The summed E-state index contributed by atoms with van der Waals surface area (Å²) in [7, 11) is 4.61. The molecule has 12 heteroatoms. The maximum atomic E-state index is 14.2. The molecule has 0 N–H and O–H groups in total. The normalized spacial score (nSPS) is 14.3. The van der Waals surface area contributed by atoms with Crippen LogP contribution in [0.25, 0.3) is 6.08 Å². The molecule has 0 bridgehead atoms. The second kappa shape index (κ2) is 14.3. The summed E-state index contributed by atoms with van der Waals surface area (Å²) < 4.78 is 31.0. The number of benzene rings is 3. The number of hydrogen-bond donors (Lipinski definition) is 0. The Hall–Kier alpha value is -4.86. The molecule has 0 aliphatic carbocycles. The Labute approximate surface area is 283 Å². The molecule has 1 atom stereocenters. The standard InChI is InChI=1S/C35H32BrN3O7S/c1-19(2)46-34(41)30-20(3)38-35-39(31(30)25-16-24(42-4)11-12-27(25)43-5)33(40)29(47-35)15-23-13-26(36)32(28(14-23)44-6)45-18-22-9-7-21(17-37)8-10-22/h7-16,19,31H,18H2,1-6H3/b29-15-/t31-/m0/s1. The summed E-state index contributed by atoms with van der Waals surface area (Å²) in [6, 6.07) is 17.2. The van der Waals surface area contributed by atoms with Gasteiger partial charge in [0.05, 0.1) is 59.3 Å². The number of halogens is 1. The van der Waals surface area contributed by atoms with Crippen molar-refractivity contribution in [1.29, 1.82) is 5.26 Å². The number of carbonyl (C=O) groups excluding carboxylic acids is 1. The zero-order valence-electron chi connectivity index (χ0n) is 26.6. The molecule has 0 fully saturated rings. The van der Waals surface area contributed by atoms with E-state index in [4.69, 9.17) is 28.9 Å². The summed E-state index contributed by atoms with van der Waals surface area (Å²) in [4.78, 5) is 32.8. The Morgan fingerprint density at radius 2 is 1.79 bits per heavy atom. The molecule has 4 aromatic rings. The molecule has 1 aliphatic rings.